The highest BCUT2D eigenvalue weighted by molar-refractivity contribution is 6.06. The van der Waals surface area contributed by atoms with Gasteiger partial charge in [-0.05, 0) is 24.6 Å². The minimum Gasteiger partial charge on any atom is -0.461 e. The number of piperazine rings is 1. The van der Waals surface area contributed by atoms with E-state index in [-0.39, 0.29) is 11.8 Å². The van der Waals surface area contributed by atoms with Crippen LogP contribution in [0.2, 0.25) is 0 Å². The Bertz CT molecular complexity index is 962. The number of hydrogen-bond acceptors (Lipinski definition) is 3. The van der Waals surface area contributed by atoms with Crippen molar-refractivity contribution >= 4 is 22.8 Å². The van der Waals surface area contributed by atoms with E-state index >= 15 is 0 Å². The first-order valence-electron chi connectivity index (χ1n) is 8.75. The van der Waals surface area contributed by atoms with Crippen molar-refractivity contribution < 1.29 is 14.0 Å². The Balaban J connectivity index is 1.68. The quantitative estimate of drug-likeness (QED) is 0.792. The van der Waals surface area contributed by atoms with Gasteiger partial charge in [-0.1, -0.05) is 42.5 Å². The van der Waals surface area contributed by atoms with Crippen LogP contribution in [-0.4, -0.2) is 35.8 Å². The van der Waals surface area contributed by atoms with Gasteiger partial charge in [0.2, 0.25) is 5.91 Å². The molecule has 0 radical (unpaired) electrons. The number of carbonyl (C=O) groups excluding carboxylic acids is 2. The zero-order chi connectivity index (χ0) is 18.1. The third-order valence-corrected chi connectivity index (χ3v) is 4.76. The molecule has 4 rings (SSSR count). The molecule has 1 unspecified atom stereocenters. The summed E-state index contributed by atoms with van der Waals surface area (Å²) in [5.41, 5.74) is 2.11. The van der Waals surface area contributed by atoms with Gasteiger partial charge in [-0.15, -0.1) is 0 Å². The van der Waals surface area contributed by atoms with Crippen molar-refractivity contribution in [3.8, 4) is 0 Å². The molecule has 5 heteroatoms. The van der Waals surface area contributed by atoms with E-state index in [4.69, 9.17) is 4.42 Å². The molecule has 1 aliphatic rings. The van der Waals surface area contributed by atoms with Gasteiger partial charge in [-0.3, -0.25) is 9.59 Å². The van der Waals surface area contributed by atoms with E-state index in [9.17, 15) is 9.59 Å². The van der Waals surface area contributed by atoms with Crippen molar-refractivity contribution in [2.75, 3.05) is 13.1 Å². The Morgan fingerprint density at radius 3 is 2.81 bits per heavy atom. The van der Waals surface area contributed by atoms with Crippen LogP contribution in [0.3, 0.4) is 0 Å². The topological polar surface area (TPSA) is 62.6 Å². The average Bonchev–Trinajstić information content (AvgIpc) is 3.04. The Morgan fingerprint density at radius 2 is 2.00 bits per heavy atom. The van der Waals surface area contributed by atoms with Crippen molar-refractivity contribution in [3.05, 3.63) is 71.5 Å². The smallest absolute Gasteiger partial charge is 0.258 e. The van der Waals surface area contributed by atoms with Crippen molar-refractivity contribution in [2.45, 2.75) is 19.4 Å². The molecule has 1 atom stereocenters. The molecule has 3 aromatic rings. The number of aryl methyl sites for hydroxylation is 1. The molecule has 26 heavy (non-hydrogen) atoms. The van der Waals surface area contributed by atoms with E-state index < -0.39 is 6.04 Å². The van der Waals surface area contributed by atoms with E-state index in [2.05, 4.69) is 5.32 Å². The molecule has 0 aliphatic carbocycles. The first kappa shape index (κ1) is 16.4. The summed E-state index contributed by atoms with van der Waals surface area (Å²) in [6.45, 7) is 2.81. The lowest BCUT2D eigenvalue weighted by molar-refractivity contribution is -0.127. The summed E-state index contributed by atoms with van der Waals surface area (Å²) < 4.78 is 5.74. The maximum atomic E-state index is 13.3. The lowest BCUT2D eigenvalue weighted by Gasteiger charge is -2.35. The molecule has 2 aromatic carbocycles. The van der Waals surface area contributed by atoms with Crippen LogP contribution in [0.4, 0.5) is 0 Å². The zero-order valence-electron chi connectivity index (χ0n) is 14.6. The van der Waals surface area contributed by atoms with Crippen LogP contribution in [0.1, 0.15) is 21.7 Å². The summed E-state index contributed by atoms with van der Waals surface area (Å²) in [4.78, 5) is 27.4. The van der Waals surface area contributed by atoms with Gasteiger partial charge in [0.15, 0.2) is 0 Å². The first-order valence-corrected chi connectivity index (χ1v) is 8.75. The van der Waals surface area contributed by atoms with Crippen LogP contribution < -0.4 is 5.32 Å². The third-order valence-electron chi connectivity index (χ3n) is 4.76. The summed E-state index contributed by atoms with van der Waals surface area (Å²) >= 11 is 0. The molecule has 1 saturated heterocycles. The lowest BCUT2D eigenvalue weighted by Crippen LogP contribution is -2.58. The van der Waals surface area contributed by atoms with Gasteiger partial charge in [-0.25, -0.2) is 0 Å². The van der Waals surface area contributed by atoms with Crippen molar-refractivity contribution in [1.29, 1.82) is 0 Å². The maximum absolute atomic E-state index is 13.3. The molecule has 2 heterocycles. The number of carbonyl (C=O) groups is 2. The normalized spacial score (nSPS) is 17.3. The standard InChI is InChI=1S/C21H20N2O3/c1-14-12-16-8-5-9-17(19(16)26-14)21(25)23-11-10-22-20(24)18(23)13-15-6-3-2-4-7-15/h2-9,12,18H,10-11,13H2,1H3,(H,22,24). The number of rotatable bonds is 3. The molecular formula is C21H20N2O3. The largest absolute Gasteiger partial charge is 0.461 e. The second kappa shape index (κ2) is 6.67. The Morgan fingerprint density at radius 1 is 1.19 bits per heavy atom. The molecule has 0 saturated carbocycles. The number of para-hydroxylation sites is 1. The number of amides is 2. The van der Waals surface area contributed by atoms with Gasteiger partial charge in [0, 0.05) is 24.9 Å². The Kier molecular flexibility index (Phi) is 4.21. The van der Waals surface area contributed by atoms with Gasteiger partial charge in [0.25, 0.3) is 5.91 Å². The van der Waals surface area contributed by atoms with E-state index in [0.29, 0.717) is 30.7 Å². The van der Waals surface area contributed by atoms with Crippen molar-refractivity contribution in [3.63, 3.8) is 0 Å². The SMILES string of the molecule is Cc1cc2cccc(C(=O)N3CCNC(=O)C3Cc3ccccc3)c2o1. The van der Waals surface area contributed by atoms with Crippen LogP contribution in [0.15, 0.2) is 59.0 Å². The maximum Gasteiger partial charge on any atom is 0.258 e. The van der Waals surface area contributed by atoms with Gasteiger partial charge in [-0.2, -0.15) is 0 Å². The van der Waals surface area contributed by atoms with Gasteiger partial charge < -0.3 is 14.6 Å². The number of benzene rings is 2. The highest BCUT2D eigenvalue weighted by Crippen LogP contribution is 2.25. The second-order valence-corrected chi connectivity index (χ2v) is 6.58. The van der Waals surface area contributed by atoms with Gasteiger partial charge in [0.1, 0.15) is 17.4 Å². The number of nitrogens with zero attached hydrogens (tertiary/aromatic N) is 1. The fourth-order valence-corrected chi connectivity index (χ4v) is 3.51. The summed E-state index contributed by atoms with van der Waals surface area (Å²) in [6.07, 6.45) is 0.492. The second-order valence-electron chi connectivity index (χ2n) is 6.58. The van der Waals surface area contributed by atoms with Crippen molar-refractivity contribution in [1.82, 2.24) is 10.2 Å². The molecule has 1 N–H and O–H groups in total. The van der Waals surface area contributed by atoms with E-state index in [0.717, 1.165) is 16.7 Å². The average molecular weight is 348 g/mol. The molecule has 1 fully saturated rings. The van der Waals surface area contributed by atoms with E-state index in [1.54, 1.807) is 11.0 Å². The molecule has 2 amide bonds. The van der Waals surface area contributed by atoms with Gasteiger partial charge in [0.05, 0.1) is 5.56 Å². The van der Waals surface area contributed by atoms with Crippen molar-refractivity contribution in [2.24, 2.45) is 0 Å². The number of nitrogens with one attached hydrogen (secondary N) is 1. The third kappa shape index (κ3) is 2.96. The highest BCUT2D eigenvalue weighted by Gasteiger charge is 2.34. The van der Waals surface area contributed by atoms with E-state index in [1.165, 1.54) is 0 Å². The van der Waals surface area contributed by atoms with Crippen LogP contribution in [0.5, 0.6) is 0 Å². The molecule has 0 spiro atoms. The Hall–Kier alpha value is -3.08. The van der Waals surface area contributed by atoms with Crippen LogP contribution in [0.25, 0.3) is 11.0 Å². The first-order chi connectivity index (χ1) is 12.6. The van der Waals surface area contributed by atoms with Crippen LogP contribution in [0, 0.1) is 6.92 Å². The Labute approximate surface area is 151 Å². The summed E-state index contributed by atoms with van der Waals surface area (Å²) in [7, 11) is 0. The highest BCUT2D eigenvalue weighted by atomic mass is 16.3. The van der Waals surface area contributed by atoms with Crippen LogP contribution in [-0.2, 0) is 11.2 Å². The number of fused-ring (bicyclic) bond motifs is 1. The fraction of sp³-hybridized carbons (Fsp3) is 0.238. The molecule has 5 nitrogen and oxygen atoms in total. The molecular weight excluding hydrogens is 328 g/mol. The lowest BCUT2D eigenvalue weighted by atomic mass is 10.0. The summed E-state index contributed by atoms with van der Waals surface area (Å²) in [6, 6.07) is 16.7. The monoisotopic (exact) mass is 348 g/mol. The summed E-state index contributed by atoms with van der Waals surface area (Å²) in [5.74, 6) is 0.481. The molecule has 132 valence electrons. The minimum atomic E-state index is -0.523. The molecule has 1 aromatic heterocycles. The zero-order valence-corrected chi connectivity index (χ0v) is 14.6. The minimum absolute atomic E-state index is 0.115. The summed E-state index contributed by atoms with van der Waals surface area (Å²) in [5, 5.41) is 3.77. The number of hydrogen-bond donors (Lipinski definition) is 1. The molecule has 1 aliphatic heterocycles. The van der Waals surface area contributed by atoms with Gasteiger partial charge >= 0.3 is 0 Å². The predicted octanol–water partition coefficient (Wildman–Crippen LogP) is 2.92. The predicted molar refractivity (Wildman–Crippen MR) is 98.9 cm³/mol. The number of furan rings is 1. The van der Waals surface area contributed by atoms with Crippen LogP contribution >= 0.6 is 0 Å². The molecule has 0 bridgehead atoms. The van der Waals surface area contributed by atoms with E-state index in [1.807, 2.05) is 55.5 Å². The fourth-order valence-electron chi connectivity index (χ4n) is 3.51.